The summed E-state index contributed by atoms with van der Waals surface area (Å²) < 4.78 is 0. The van der Waals surface area contributed by atoms with Crippen molar-refractivity contribution in [1.29, 1.82) is 0 Å². The van der Waals surface area contributed by atoms with Gasteiger partial charge in [-0.1, -0.05) is 36.4 Å². The highest BCUT2D eigenvalue weighted by molar-refractivity contribution is 6.58. The van der Waals surface area contributed by atoms with E-state index in [1.54, 1.807) is 109 Å². The molecule has 0 saturated carbocycles. The fourth-order valence-electron chi connectivity index (χ4n) is 9.59. The number of rotatable bonds is 0. The standard InChI is InChI=1S/C32H13N/c1-2-10-4-12-6-14-8-16-24-23-15(31-32(16)33-31)7-13-5-11-3-9(1)17-18(10)26-20(12)22(14)28(24)30-27(23)21(13)19(11)25(17)29(26)30/h1-4,7-8,31-33H,5-6H2. The van der Waals surface area contributed by atoms with Gasteiger partial charge in [0.25, 0.3) is 0 Å². The molecule has 3 aliphatic carbocycles. The molecule has 9 aromatic carbocycles. The van der Waals surface area contributed by atoms with Crippen LogP contribution >= 0.6 is 0 Å². The fourth-order valence-corrected chi connectivity index (χ4v) is 9.59. The Morgan fingerprint density at radius 3 is 1.30 bits per heavy atom. The molecule has 2 unspecified atom stereocenters. The van der Waals surface area contributed by atoms with Gasteiger partial charge in [0.1, 0.15) is 0 Å². The van der Waals surface area contributed by atoms with E-state index in [9.17, 15) is 0 Å². The summed E-state index contributed by atoms with van der Waals surface area (Å²) >= 11 is 0. The zero-order valence-corrected chi connectivity index (χ0v) is 17.5. The summed E-state index contributed by atoms with van der Waals surface area (Å²) in [5.74, 6) is 0. The highest BCUT2D eigenvalue weighted by Crippen LogP contribution is 2.65. The van der Waals surface area contributed by atoms with Crippen LogP contribution in [0.2, 0.25) is 0 Å². The van der Waals surface area contributed by atoms with Crippen molar-refractivity contribution >= 4 is 86.2 Å². The predicted octanol–water partition coefficient (Wildman–Crippen LogP) is 7.61. The lowest BCUT2D eigenvalue weighted by atomic mass is 9.87. The number of benzene rings is 7. The summed E-state index contributed by atoms with van der Waals surface area (Å²) in [6, 6.07) is 16.1. The normalized spacial score (nSPS) is 22.2. The molecule has 1 saturated heterocycles. The maximum Gasteiger partial charge on any atom is 0.0530 e. The van der Waals surface area contributed by atoms with E-state index in [1.807, 2.05) is 0 Å². The maximum atomic E-state index is 3.87. The van der Waals surface area contributed by atoms with E-state index in [2.05, 4.69) is 41.7 Å². The first-order valence-corrected chi connectivity index (χ1v) is 12.4. The molecule has 0 radical (unpaired) electrons. The Balaban J connectivity index is 1.63. The summed E-state index contributed by atoms with van der Waals surface area (Å²) in [6.07, 6.45) is 2.19. The largest absolute Gasteiger partial charge is 0.300 e. The van der Waals surface area contributed by atoms with Crippen molar-refractivity contribution in [2.75, 3.05) is 0 Å². The Morgan fingerprint density at radius 1 is 0.424 bits per heavy atom. The molecule has 1 N–H and O–H groups in total. The molecule has 146 valence electrons. The molecule has 2 atom stereocenters. The van der Waals surface area contributed by atoms with Gasteiger partial charge in [-0.05, 0) is 132 Å². The van der Waals surface area contributed by atoms with E-state index in [4.69, 9.17) is 0 Å². The van der Waals surface area contributed by atoms with E-state index in [1.165, 1.54) is 10.8 Å². The van der Waals surface area contributed by atoms with Gasteiger partial charge in [0.15, 0.2) is 0 Å². The molecule has 1 nitrogen and oxygen atoms in total. The summed E-state index contributed by atoms with van der Waals surface area (Å²) in [5, 5.41) is 29.1. The Hall–Kier alpha value is -3.68. The lowest BCUT2D eigenvalue weighted by Gasteiger charge is -2.14. The Morgan fingerprint density at radius 2 is 0.818 bits per heavy atom. The van der Waals surface area contributed by atoms with Crippen molar-refractivity contribution in [2.24, 2.45) is 0 Å². The van der Waals surface area contributed by atoms with Crippen molar-refractivity contribution < 1.29 is 0 Å². The quantitative estimate of drug-likeness (QED) is 0.201. The SMILES string of the molecule is c1c2c3c4c(cc5c6c7c(cc8ccc9cc%10c%11c(c1C%10)c3c(c46)c1c%11c9c8c71)C5)C1NC21. The monoisotopic (exact) mass is 411 g/mol. The smallest absolute Gasteiger partial charge is 0.0530 e. The molecular formula is C32H13N. The molecule has 0 aromatic heterocycles. The van der Waals surface area contributed by atoms with Crippen LogP contribution in [0.5, 0.6) is 0 Å². The van der Waals surface area contributed by atoms with Crippen LogP contribution in [0.4, 0.5) is 0 Å². The second kappa shape index (κ2) is 3.54. The van der Waals surface area contributed by atoms with Gasteiger partial charge in [-0.3, -0.25) is 5.32 Å². The Kier molecular flexibility index (Phi) is 1.48. The topological polar surface area (TPSA) is 21.9 Å². The van der Waals surface area contributed by atoms with Gasteiger partial charge in [0, 0.05) is 0 Å². The summed E-state index contributed by atoms with van der Waals surface area (Å²) in [4.78, 5) is 0. The average Bonchev–Trinajstić information content (AvgIpc) is 3.05. The molecule has 33 heavy (non-hydrogen) atoms. The first-order valence-electron chi connectivity index (χ1n) is 12.4. The summed E-state index contributed by atoms with van der Waals surface area (Å²) in [5.41, 5.74) is 9.45. The van der Waals surface area contributed by atoms with Crippen LogP contribution in [-0.2, 0) is 12.8 Å². The molecule has 1 aliphatic heterocycles. The van der Waals surface area contributed by atoms with Gasteiger partial charge < -0.3 is 0 Å². The minimum atomic E-state index is 0.518. The van der Waals surface area contributed by atoms with Crippen molar-refractivity contribution in [1.82, 2.24) is 5.32 Å². The molecule has 9 aromatic rings. The van der Waals surface area contributed by atoms with Crippen LogP contribution in [-0.4, -0.2) is 0 Å². The molecule has 1 heterocycles. The molecule has 4 aliphatic rings. The van der Waals surface area contributed by atoms with Gasteiger partial charge >= 0.3 is 0 Å². The maximum absolute atomic E-state index is 3.87. The van der Waals surface area contributed by atoms with E-state index in [0.717, 1.165) is 12.8 Å². The first-order chi connectivity index (χ1) is 16.4. The number of nitrogens with one attached hydrogen (secondary N) is 1. The van der Waals surface area contributed by atoms with Gasteiger partial charge in [-0.15, -0.1) is 0 Å². The third-order valence-electron chi connectivity index (χ3n) is 10.5. The van der Waals surface area contributed by atoms with Crippen molar-refractivity contribution in [3.63, 3.8) is 0 Å². The molecule has 13 rings (SSSR count). The second-order valence-electron chi connectivity index (χ2n) is 11.6. The first kappa shape index (κ1) is 13.8. The minimum Gasteiger partial charge on any atom is -0.300 e. The Labute approximate surface area is 186 Å². The van der Waals surface area contributed by atoms with Gasteiger partial charge in [-0.2, -0.15) is 0 Å². The van der Waals surface area contributed by atoms with Crippen LogP contribution in [0.15, 0.2) is 36.4 Å². The lowest BCUT2D eigenvalue weighted by Crippen LogP contribution is -1.96. The Bertz CT molecular complexity index is 2310. The van der Waals surface area contributed by atoms with E-state index in [0.29, 0.717) is 12.1 Å². The van der Waals surface area contributed by atoms with Crippen molar-refractivity contribution in [3.8, 4) is 0 Å². The molecular weight excluding hydrogens is 398 g/mol. The van der Waals surface area contributed by atoms with Crippen LogP contribution in [0.1, 0.15) is 45.5 Å². The van der Waals surface area contributed by atoms with Gasteiger partial charge in [-0.25, -0.2) is 0 Å². The average molecular weight is 411 g/mol. The van der Waals surface area contributed by atoms with Gasteiger partial charge in [0.05, 0.1) is 12.1 Å². The summed E-state index contributed by atoms with van der Waals surface area (Å²) in [7, 11) is 0. The summed E-state index contributed by atoms with van der Waals surface area (Å²) in [6.45, 7) is 0. The molecule has 0 bridgehead atoms. The number of fused-ring (bicyclic) bond motifs is 3. The van der Waals surface area contributed by atoms with Crippen LogP contribution in [0, 0.1) is 0 Å². The third kappa shape index (κ3) is 1.01. The molecule has 0 amide bonds. The highest BCUT2D eigenvalue weighted by atomic mass is 15.2. The van der Waals surface area contributed by atoms with E-state index in [-0.39, 0.29) is 0 Å². The number of hydrogen-bond donors (Lipinski definition) is 1. The van der Waals surface area contributed by atoms with E-state index < -0.39 is 0 Å². The van der Waals surface area contributed by atoms with E-state index >= 15 is 0 Å². The van der Waals surface area contributed by atoms with Crippen LogP contribution < -0.4 is 5.32 Å². The molecule has 0 spiro atoms. The minimum absolute atomic E-state index is 0.518. The zero-order valence-electron chi connectivity index (χ0n) is 17.5. The van der Waals surface area contributed by atoms with Crippen LogP contribution in [0.3, 0.4) is 0 Å². The van der Waals surface area contributed by atoms with Crippen molar-refractivity contribution in [3.05, 3.63) is 69.8 Å². The highest BCUT2D eigenvalue weighted by Gasteiger charge is 2.48. The molecule has 1 heteroatoms. The zero-order chi connectivity index (χ0) is 20.2. The number of hydrogen-bond acceptors (Lipinski definition) is 1. The second-order valence-corrected chi connectivity index (χ2v) is 11.6. The van der Waals surface area contributed by atoms with Crippen molar-refractivity contribution in [2.45, 2.75) is 24.9 Å². The molecule has 1 fully saturated rings. The third-order valence-corrected chi connectivity index (χ3v) is 10.5. The van der Waals surface area contributed by atoms with Crippen LogP contribution in [0.25, 0.3) is 86.2 Å². The van der Waals surface area contributed by atoms with Gasteiger partial charge in [0.2, 0.25) is 0 Å². The lowest BCUT2D eigenvalue weighted by molar-refractivity contribution is 1.03. The fraction of sp³-hybridized carbons (Fsp3) is 0.125. The predicted molar refractivity (Wildman–Crippen MR) is 137 cm³/mol.